The van der Waals surface area contributed by atoms with E-state index in [-0.39, 0.29) is 6.04 Å². The molecule has 0 amide bonds. The number of aryl methyl sites for hydroxylation is 2. The molecule has 0 saturated heterocycles. The summed E-state index contributed by atoms with van der Waals surface area (Å²) in [5, 5.41) is 7.60. The SMILES string of the molecule is CCCn1ncnc1CC(NC)c1cncc(C)c1. The molecule has 5 nitrogen and oxygen atoms in total. The Hall–Kier alpha value is -1.75. The normalized spacial score (nSPS) is 12.6. The molecule has 0 aliphatic rings. The highest BCUT2D eigenvalue weighted by Crippen LogP contribution is 2.17. The number of aromatic nitrogens is 4. The van der Waals surface area contributed by atoms with Gasteiger partial charge in [0.05, 0.1) is 0 Å². The number of hydrogen-bond acceptors (Lipinski definition) is 4. The van der Waals surface area contributed by atoms with Gasteiger partial charge in [-0.15, -0.1) is 0 Å². The monoisotopic (exact) mass is 259 g/mol. The first kappa shape index (κ1) is 13.7. The van der Waals surface area contributed by atoms with Gasteiger partial charge in [-0.25, -0.2) is 4.98 Å². The Labute approximate surface area is 114 Å². The molecule has 0 radical (unpaired) electrons. The van der Waals surface area contributed by atoms with Crippen molar-refractivity contribution in [2.45, 2.75) is 39.3 Å². The topological polar surface area (TPSA) is 55.6 Å². The Balaban J connectivity index is 2.17. The summed E-state index contributed by atoms with van der Waals surface area (Å²) in [6.45, 7) is 5.12. The zero-order chi connectivity index (χ0) is 13.7. The molecule has 2 heterocycles. The Morgan fingerprint density at radius 2 is 2.21 bits per heavy atom. The van der Waals surface area contributed by atoms with Crippen LogP contribution in [0.25, 0.3) is 0 Å². The molecule has 19 heavy (non-hydrogen) atoms. The lowest BCUT2D eigenvalue weighted by Crippen LogP contribution is -2.21. The van der Waals surface area contributed by atoms with E-state index >= 15 is 0 Å². The molecule has 102 valence electrons. The van der Waals surface area contributed by atoms with Crippen LogP contribution in [0.1, 0.15) is 36.3 Å². The van der Waals surface area contributed by atoms with E-state index in [0.29, 0.717) is 0 Å². The molecule has 1 N–H and O–H groups in total. The van der Waals surface area contributed by atoms with Crippen LogP contribution in [-0.4, -0.2) is 26.8 Å². The van der Waals surface area contributed by atoms with Gasteiger partial charge in [-0.3, -0.25) is 9.67 Å². The second-order valence-corrected chi connectivity index (χ2v) is 4.74. The third kappa shape index (κ3) is 3.38. The van der Waals surface area contributed by atoms with Crippen molar-refractivity contribution in [3.63, 3.8) is 0 Å². The van der Waals surface area contributed by atoms with E-state index in [0.717, 1.165) is 25.2 Å². The van der Waals surface area contributed by atoms with E-state index in [1.54, 1.807) is 6.33 Å². The maximum absolute atomic E-state index is 4.36. The van der Waals surface area contributed by atoms with E-state index in [9.17, 15) is 0 Å². The second kappa shape index (κ2) is 6.43. The number of pyridine rings is 1. The van der Waals surface area contributed by atoms with Crippen molar-refractivity contribution in [3.05, 3.63) is 41.7 Å². The van der Waals surface area contributed by atoms with Gasteiger partial charge >= 0.3 is 0 Å². The van der Waals surface area contributed by atoms with Crippen molar-refractivity contribution in [2.75, 3.05) is 7.05 Å². The van der Waals surface area contributed by atoms with Gasteiger partial charge < -0.3 is 5.32 Å². The van der Waals surface area contributed by atoms with Gasteiger partial charge in [-0.2, -0.15) is 5.10 Å². The molecule has 0 saturated carbocycles. The standard InChI is InChI=1S/C14H21N5/c1-4-5-19-14(17-10-18-19)7-13(15-3)12-6-11(2)8-16-9-12/h6,8-10,13,15H,4-5,7H2,1-3H3. The summed E-state index contributed by atoms with van der Waals surface area (Å²) in [6, 6.07) is 2.38. The summed E-state index contributed by atoms with van der Waals surface area (Å²) >= 11 is 0. The molecule has 0 fully saturated rings. The lowest BCUT2D eigenvalue weighted by molar-refractivity contribution is 0.516. The summed E-state index contributed by atoms with van der Waals surface area (Å²) in [6.07, 6.45) is 7.30. The summed E-state index contributed by atoms with van der Waals surface area (Å²) in [5.74, 6) is 1.02. The van der Waals surface area contributed by atoms with Crippen LogP contribution < -0.4 is 5.32 Å². The predicted octanol–water partition coefficient (Wildman–Crippen LogP) is 1.89. The third-order valence-electron chi connectivity index (χ3n) is 3.16. The largest absolute Gasteiger partial charge is 0.313 e. The van der Waals surface area contributed by atoms with E-state index < -0.39 is 0 Å². The Morgan fingerprint density at radius 1 is 1.37 bits per heavy atom. The third-order valence-corrected chi connectivity index (χ3v) is 3.16. The van der Waals surface area contributed by atoms with Crippen LogP contribution >= 0.6 is 0 Å². The van der Waals surface area contributed by atoms with Gasteiger partial charge in [0.25, 0.3) is 0 Å². The predicted molar refractivity (Wildman–Crippen MR) is 74.8 cm³/mol. The zero-order valence-electron chi connectivity index (χ0n) is 11.8. The van der Waals surface area contributed by atoms with Crippen molar-refractivity contribution in [1.82, 2.24) is 25.1 Å². The lowest BCUT2D eigenvalue weighted by Gasteiger charge is -2.16. The Kier molecular flexibility index (Phi) is 4.63. The maximum Gasteiger partial charge on any atom is 0.138 e. The highest BCUT2D eigenvalue weighted by molar-refractivity contribution is 5.21. The van der Waals surface area contributed by atoms with Crippen molar-refractivity contribution < 1.29 is 0 Å². The van der Waals surface area contributed by atoms with E-state index in [1.165, 1.54) is 11.1 Å². The van der Waals surface area contributed by atoms with Crippen LogP contribution in [0.2, 0.25) is 0 Å². The van der Waals surface area contributed by atoms with Crippen LogP contribution in [0.15, 0.2) is 24.8 Å². The number of nitrogens with zero attached hydrogens (tertiary/aromatic N) is 4. The minimum absolute atomic E-state index is 0.215. The molecule has 0 aliphatic heterocycles. The molecule has 0 bridgehead atoms. The molecule has 1 atom stereocenters. The number of likely N-dealkylation sites (N-methyl/N-ethyl adjacent to an activating group) is 1. The fourth-order valence-corrected chi connectivity index (χ4v) is 2.18. The average molecular weight is 259 g/mol. The minimum Gasteiger partial charge on any atom is -0.313 e. The van der Waals surface area contributed by atoms with Crippen LogP contribution in [-0.2, 0) is 13.0 Å². The highest BCUT2D eigenvalue weighted by Gasteiger charge is 2.14. The van der Waals surface area contributed by atoms with Crippen LogP contribution in [0.3, 0.4) is 0 Å². The van der Waals surface area contributed by atoms with E-state index in [1.807, 2.05) is 24.1 Å². The highest BCUT2D eigenvalue weighted by atomic mass is 15.3. The van der Waals surface area contributed by atoms with E-state index in [4.69, 9.17) is 0 Å². The molecule has 0 aromatic carbocycles. The Morgan fingerprint density at radius 3 is 2.89 bits per heavy atom. The zero-order valence-corrected chi connectivity index (χ0v) is 11.8. The van der Waals surface area contributed by atoms with Crippen molar-refractivity contribution >= 4 is 0 Å². The Bertz CT molecular complexity index is 520. The van der Waals surface area contributed by atoms with Crippen LogP contribution in [0, 0.1) is 6.92 Å². The van der Waals surface area contributed by atoms with Crippen molar-refractivity contribution in [3.8, 4) is 0 Å². The van der Waals surface area contributed by atoms with Gasteiger partial charge in [0.1, 0.15) is 12.2 Å². The summed E-state index contributed by atoms with van der Waals surface area (Å²) in [7, 11) is 1.97. The fraction of sp³-hybridized carbons (Fsp3) is 0.500. The first-order valence-corrected chi connectivity index (χ1v) is 6.70. The van der Waals surface area contributed by atoms with Gasteiger partial charge in [0.15, 0.2) is 0 Å². The van der Waals surface area contributed by atoms with Gasteiger partial charge in [-0.1, -0.05) is 13.0 Å². The summed E-state index contributed by atoms with van der Waals surface area (Å²) in [4.78, 5) is 8.62. The quantitative estimate of drug-likeness (QED) is 0.860. The average Bonchev–Trinajstić information content (AvgIpc) is 2.84. The van der Waals surface area contributed by atoms with Gasteiger partial charge in [0.2, 0.25) is 0 Å². The van der Waals surface area contributed by atoms with E-state index in [2.05, 4.69) is 40.3 Å². The van der Waals surface area contributed by atoms with Crippen LogP contribution in [0.4, 0.5) is 0 Å². The molecular weight excluding hydrogens is 238 g/mol. The number of nitrogens with one attached hydrogen (secondary N) is 1. The summed E-state index contributed by atoms with van der Waals surface area (Å²) in [5.41, 5.74) is 2.36. The van der Waals surface area contributed by atoms with Gasteiger partial charge in [-0.05, 0) is 31.5 Å². The number of rotatable bonds is 6. The summed E-state index contributed by atoms with van der Waals surface area (Å²) < 4.78 is 1.98. The number of hydrogen-bond donors (Lipinski definition) is 1. The van der Waals surface area contributed by atoms with Crippen molar-refractivity contribution in [1.29, 1.82) is 0 Å². The van der Waals surface area contributed by atoms with Gasteiger partial charge in [0, 0.05) is 31.4 Å². The fourth-order valence-electron chi connectivity index (χ4n) is 2.18. The molecule has 5 heteroatoms. The van der Waals surface area contributed by atoms with Crippen molar-refractivity contribution in [2.24, 2.45) is 0 Å². The van der Waals surface area contributed by atoms with Crippen LogP contribution in [0.5, 0.6) is 0 Å². The maximum atomic E-state index is 4.36. The lowest BCUT2D eigenvalue weighted by atomic mass is 10.0. The molecule has 1 unspecified atom stereocenters. The minimum atomic E-state index is 0.215. The molecule has 0 spiro atoms. The second-order valence-electron chi connectivity index (χ2n) is 4.74. The molecule has 2 aromatic heterocycles. The molecule has 2 aromatic rings. The first-order chi connectivity index (χ1) is 9.24. The smallest absolute Gasteiger partial charge is 0.138 e. The molecule has 2 rings (SSSR count). The first-order valence-electron chi connectivity index (χ1n) is 6.70. The molecule has 0 aliphatic carbocycles. The molecular formula is C14H21N5.